The number of aliphatic hydroxyl groups is 1. The van der Waals surface area contributed by atoms with E-state index < -0.39 is 23.8 Å². The molecule has 0 amide bonds. The quantitative estimate of drug-likeness (QED) is 0.525. The van der Waals surface area contributed by atoms with Gasteiger partial charge in [-0.2, -0.15) is 0 Å². The van der Waals surface area contributed by atoms with Crippen LogP contribution in [0.3, 0.4) is 0 Å². The predicted molar refractivity (Wildman–Crippen MR) is 64.5 cm³/mol. The zero-order valence-corrected chi connectivity index (χ0v) is 11.1. The molecule has 0 bridgehead atoms. The van der Waals surface area contributed by atoms with E-state index in [1.165, 1.54) is 6.08 Å². The molecule has 0 aromatic carbocycles. The molecular formula is C12H22NO4+. The van der Waals surface area contributed by atoms with E-state index in [1.807, 2.05) is 0 Å². The van der Waals surface area contributed by atoms with Gasteiger partial charge in [0.1, 0.15) is 6.54 Å². The third-order valence-corrected chi connectivity index (χ3v) is 2.06. The molecule has 0 aliphatic heterocycles. The number of carboxylic acid groups (broad SMARTS) is 1. The first kappa shape index (κ1) is 15.8. The van der Waals surface area contributed by atoms with Crippen LogP contribution >= 0.6 is 0 Å². The SMILES string of the molecule is CC(C)=CC(=O)[C@@](O)(CC(=O)O)C[N+](C)(C)C. The Hall–Kier alpha value is -1.20. The van der Waals surface area contributed by atoms with Crippen LogP contribution in [0.15, 0.2) is 11.6 Å². The van der Waals surface area contributed by atoms with Crippen molar-refractivity contribution in [2.45, 2.75) is 25.9 Å². The lowest BCUT2D eigenvalue weighted by Gasteiger charge is -2.33. The van der Waals surface area contributed by atoms with Crippen molar-refractivity contribution in [3.05, 3.63) is 11.6 Å². The van der Waals surface area contributed by atoms with Gasteiger partial charge in [-0.15, -0.1) is 0 Å². The Labute approximate surface area is 102 Å². The maximum absolute atomic E-state index is 11.9. The minimum Gasteiger partial charge on any atom is -0.481 e. The van der Waals surface area contributed by atoms with Gasteiger partial charge in [-0.05, 0) is 19.9 Å². The van der Waals surface area contributed by atoms with Gasteiger partial charge in [-0.25, -0.2) is 0 Å². The molecule has 98 valence electrons. The number of allylic oxidation sites excluding steroid dienone is 1. The number of likely N-dealkylation sites (N-methyl/N-ethyl adjacent to an activating group) is 1. The van der Waals surface area contributed by atoms with Crippen molar-refractivity contribution in [2.75, 3.05) is 27.7 Å². The fraction of sp³-hybridized carbons (Fsp3) is 0.667. The van der Waals surface area contributed by atoms with Crippen LogP contribution in [-0.4, -0.2) is 59.7 Å². The second kappa shape index (κ2) is 5.42. The number of nitrogens with zero attached hydrogens (tertiary/aromatic N) is 1. The zero-order chi connectivity index (χ0) is 13.9. The molecule has 0 heterocycles. The standard InChI is InChI=1S/C12H21NO4/c1-9(2)6-10(14)12(17,7-11(15)16)8-13(3,4)5/h6,17H,7-8H2,1-5H3/p+1/t12-/m1/s1. The molecule has 0 fully saturated rings. The first-order valence-electron chi connectivity index (χ1n) is 5.40. The molecule has 0 radical (unpaired) electrons. The number of quaternary nitrogens is 1. The number of hydrogen-bond donors (Lipinski definition) is 2. The van der Waals surface area contributed by atoms with Crippen molar-refractivity contribution >= 4 is 11.8 Å². The van der Waals surface area contributed by atoms with Gasteiger partial charge >= 0.3 is 5.97 Å². The van der Waals surface area contributed by atoms with Gasteiger partial charge in [0, 0.05) is 0 Å². The van der Waals surface area contributed by atoms with Crippen molar-refractivity contribution in [3.63, 3.8) is 0 Å². The maximum atomic E-state index is 11.9. The van der Waals surface area contributed by atoms with Crippen LogP contribution in [-0.2, 0) is 9.59 Å². The number of ketones is 1. The Morgan fingerprint density at radius 2 is 1.71 bits per heavy atom. The Kier molecular flexibility index (Phi) is 5.04. The van der Waals surface area contributed by atoms with Gasteiger partial charge in [0.2, 0.25) is 0 Å². The smallest absolute Gasteiger partial charge is 0.307 e. The normalized spacial score (nSPS) is 14.9. The fourth-order valence-corrected chi connectivity index (χ4v) is 1.65. The summed E-state index contributed by atoms with van der Waals surface area (Å²) in [6.45, 7) is 3.51. The van der Waals surface area contributed by atoms with Gasteiger partial charge in [0.25, 0.3) is 0 Å². The minimum atomic E-state index is -1.85. The average Bonchev–Trinajstić information content (AvgIpc) is 1.96. The maximum Gasteiger partial charge on any atom is 0.307 e. The van der Waals surface area contributed by atoms with Gasteiger partial charge < -0.3 is 14.7 Å². The molecule has 5 heteroatoms. The highest BCUT2D eigenvalue weighted by atomic mass is 16.4. The van der Waals surface area contributed by atoms with E-state index in [-0.39, 0.29) is 6.54 Å². The highest BCUT2D eigenvalue weighted by Gasteiger charge is 2.41. The summed E-state index contributed by atoms with van der Waals surface area (Å²) in [4.78, 5) is 22.6. The monoisotopic (exact) mass is 244 g/mol. The van der Waals surface area contributed by atoms with Gasteiger partial charge in [-0.1, -0.05) is 5.57 Å². The molecule has 0 unspecified atom stereocenters. The van der Waals surface area contributed by atoms with Crippen molar-refractivity contribution in [3.8, 4) is 0 Å². The van der Waals surface area contributed by atoms with Crippen molar-refractivity contribution in [2.24, 2.45) is 0 Å². The molecule has 0 aromatic heterocycles. The van der Waals surface area contributed by atoms with E-state index in [0.29, 0.717) is 4.48 Å². The summed E-state index contributed by atoms with van der Waals surface area (Å²) in [5.41, 5.74) is -1.11. The Morgan fingerprint density at radius 3 is 2.00 bits per heavy atom. The summed E-state index contributed by atoms with van der Waals surface area (Å²) in [7, 11) is 5.38. The van der Waals surface area contributed by atoms with Crippen LogP contribution in [0.5, 0.6) is 0 Å². The molecular weight excluding hydrogens is 222 g/mol. The van der Waals surface area contributed by atoms with Crippen LogP contribution in [0.1, 0.15) is 20.3 Å². The second-order valence-electron chi connectivity index (χ2n) is 5.64. The Bertz CT molecular complexity index is 337. The van der Waals surface area contributed by atoms with E-state index in [2.05, 4.69) is 0 Å². The third-order valence-electron chi connectivity index (χ3n) is 2.06. The summed E-state index contributed by atoms with van der Waals surface area (Å²) < 4.78 is 0.312. The number of rotatable bonds is 6. The highest BCUT2D eigenvalue weighted by molar-refractivity contribution is 5.99. The van der Waals surface area contributed by atoms with Crippen LogP contribution < -0.4 is 0 Å². The van der Waals surface area contributed by atoms with Crippen molar-refractivity contribution < 1.29 is 24.3 Å². The fourth-order valence-electron chi connectivity index (χ4n) is 1.65. The summed E-state index contributed by atoms with van der Waals surface area (Å²) in [6, 6.07) is 0. The summed E-state index contributed by atoms with van der Waals surface area (Å²) >= 11 is 0. The van der Waals surface area contributed by atoms with Gasteiger partial charge in [-0.3, -0.25) is 9.59 Å². The number of carbonyl (C=O) groups is 2. The summed E-state index contributed by atoms with van der Waals surface area (Å²) in [5.74, 6) is -1.73. The molecule has 2 N–H and O–H groups in total. The van der Waals surface area contributed by atoms with Crippen molar-refractivity contribution in [1.29, 1.82) is 0 Å². The largest absolute Gasteiger partial charge is 0.481 e. The molecule has 0 saturated heterocycles. The van der Waals surface area contributed by atoms with Crippen molar-refractivity contribution in [1.82, 2.24) is 0 Å². The lowest BCUT2D eigenvalue weighted by Crippen LogP contribution is -2.54. The predicted octanol–water partition coefficient (Wildman–Crippen LogP) is 0.434. The Morgan fingerprint density at radius 1 is 1.24 bits per heavy atom. The van der Waals surface area contributed by atoms with Gasteiger partial charge in [0.15, 0.2) is 11.4 Å². The number of aliphatic carboxylic acids is 1. The molecule has 1 atom stereocenters. The van der Waals surface area contributed by atoms with Gasteiger partial charge in [0.05, 0.1) is 27.6 Å². The topological polar surface area (TPSA) is 74.6 Å². The third kappa shape index (κ3) is 6.19. The zero-order valence-electron chi connectivity index (χ0n) is 11.1. The van der Waals surface area contributed by atoms with E-state index in [4.69, 9.17) is 5.11 Å². The molecule has 0 saturated carbocycles. The van der Waals surface area contributed by atoms with Crippen LogP contribution in [0.4, 0.5) is 0 Å². The second-order valence-corrected chi connectivity index (χ2v) is 5.64. The molecule has 0 aliphatic rings. The number of carbonyl (C=O) groups excluding carboxylic acids is 1. The van der Waals surface area contributed by atoms with Crippen LogP contribution in [0.25, 0.3) is 0 Å². The molecule has 0 spiro atoms. The lowest BCUT2D eigenvalue weighted by atomic mass is 9.92. The van der Waals surface area contributed by atoms with Crippen LogP contribution in [0, 0.1) is 0 Å². The number of hydrogen-bond acceptors (Lipinski definition) is 3. The summed E-state index contributed by atoms with van der Waals surface area (Å²) in [5, 5.41) is 19.0. The number of carboxylic acids is 1. The average molecular weight is 244 g/mol. The molecule has 0 aromatic rings. The first-order valence-corrected chi connectivity index (χ1v) is 5.40. The van der Waals surface area contributed by atoms with E-state index in [9.17, 15) is 14.7 Å². The molecule has 0 aliphatic carbocycles. The first-order chi connectivity index (χ1) is 7.46. The van der Waals surface area contributed by atoms with Crippen LogP contribution in [0.2, 0.25) is 0 Å². The summed E-state index contributed by atoms with van der Waals surface area (Å²) in [6.07, 6.45) is 0.712. The Balaban J connectivity index is 5.17. The van der Waals surface area contributed by atoms with E-state index in [0.717, 1.165) is 5.57 Å². The molecule has 17 heavy (non-hydrogen) atoms. The lowest BCUT2D eigenvalue weighted by molar-refractivity contribution is -0.875. The molecule has 5 nitrogen and oxygen atoms in total. The van der Waals surface area contributed by atoms with E-state index >= 15 is 0 Å². The minimum absolute atomic E-state index is 0.0575. The highest BCUT2D eigenvalue weighted by Crippen LogP contribution is 2.17. The molecule has 0 rings (SSSR count). The van der Waals surface area contributed by atoms with E-state index in [1.54, 1.807) is 35.0 Å².